The number of hydrogen-bond acceptors (Lipinski definition) is 3. The second-order valence-corrected chi connectivity index (χ2v) is 5.61. The van der Waals surface area contributed by atoms with E-state index in [1.54, 1.807) is 7.05 Å². The van der Waals surface area contributed by atoms with Crippen molar-refractivity contribution in [1.29, 1.82) is 0 Å². The smallest absolute Gasteiger partial charge is 0.279 e. The highest BCUT2D eigenvalue weighted by Gasteiger charge is 2.22. The van der Waals surface area contributed by atoms with Crippen molar-refractivity contribution < 1.29 is 13.5 Å². The van der Waals surface area contributed by atoms with E-state index < -0.39 is 10.2 Å². The second kappa shape index (κ2) is 6.42. The summed E-state index contributed by atoms with van der Waals surface area (Å²) in [6, 6.07) is -0.268. The van der Waals surface area contributed by atoms with Gasteiger partial charge in [-0.3, -0.25) is 0 Å². The highest BCUT2D eigenvalue weighted by atomic mass is 32.2. The quantitative estimate of drug-likeness (QED) is 0.671. The molecule has 0 heterocycles. The Morgan fingerprint density at radius 2 is 1.93 bits per heavy atom. The Balaban J connectivity index is 4.48. The lowest BCUT2D eigenvalue weighted by Crippen LogP contribution is -2.46. The maximum absolute atomic E-state index is 11.7. The van der Waals surface area contributed by atoms with Crippen molar-refractivity contribution in [2.45, 2.75) is 45.7 Å². The Labute approximate surface area is 92.7 Å². The largest absolute Gasteiger partial charge is 0.396 e. The van der Waals surface area contributed by atoms with Crippen molar-refractivity contribution in [2.24, 2.45) is 0 Å². The summed E-state index contributed by atoms with van der Waals surface area (Å²) >= 11 is 0. The van der Waals surface area contributed by atoms with Crippen molar-refractivity contribution in [2.75, 3.05) is 13.7 Å². The first-order chi connectivity index (χ1) is 6.85. The first-order valence-electron chi connectivity index (χ1n) is 5.21. The molecule has 0 aliphatic heterocycles. The average molecular weight is 238 g/mol. The molecule has 0 saturated carbocycles. The molecule has 1 atom stereocenters. The van der Waals surface area contributed by atoms with Gasteiger partial charge in [0.2, 0.25) is 0 Å². The van der Waals surface area contributed by atoms with Gasteiger partial charge in [-0.05, 0) is 26.7 Å². The first kappa shape index (κ1) is 14.8. The van der Waals surface area contributed by atoms with E-state index in [4.69, 9.17) is 5.11 Å². The molecule has 1 unspecified atom stereocenters. The van der Waals surface area contributed by atoms with E-state index in [-0.39, 0.29) is 18.7 Å². The molecule has 5 nitrogen and oxygen atoms in total. The summed E-state index contributed by atoms with van der Waals surface area (Å²) in [5, 5.41) is 8.76. The van der Waals surface area contributed by atoms with E-state index in [0.29, 0.717) is 12.8 Å². The van der Waals surface area contributed by atoms with E-state index in [0.717, 1.165) is 0 Å². The summed E-state index contributed by atoms with van der Waals surface area (Å²) in [4.78, 5) is 0. The molecule has 0 aliphatic rings. The van der Waals surface area contributed by atoms with Crippen LogP contribution in [-0.4, -0.2) is 43.6 Å². The van der Waals surface area contributed by atoms with Crippen LogP contribution >= 0.6 is 0 Å². The van der Waals surface area contributed by atoms with Crippen LogP contribution in [0.3, 0.4) is 0 Å². The fraction of sp³-hybridized carbons (Fsp3) is 1.00. The Morgan fingerprint density at radius 1 is 1.40 bits per heavy atom. The zero-order valence-corrected chi connectivity index (χ0v) is 10.7. The maximum Gasteiger partial charge on any atom is 0.279 e. The van der Waals surface area contributed by atoms with E-state index >= 15 is 0 Å². The van der Waals surface area contributed by atoms with E-state index in [1.165, 1.54) is 4.31 Å². The van der Waals surface area contributed by atoms with Crippen molar-refractivity contribution in [1.82, 2.24) is 9.03 Å². The fourth-order valence-electron chi connectivity index (χ4n) is 1.07. The molecule has 6 heteroatoms. The monoisotopic (exact) mass is 238 g/mol. The lowest BCUT2D eigenvalue weighted by molar-refractivity contribution is 0.268. The Morgan fingerprint density at radius 3 is 2.27 bits per heavy atom. The highest BCUT2D eigenvalue weighted by Crippen LogP contribution is 2.05. The molecule has 0 aromatic rings. The topological polar surface area (TPSA) is 69.6 Å². The van der Waals surface area contributed by atoms with Gasteiger partial charge in [0, 0.05) is 25.7 Å². The molecule has 0 rings (SSSR count). The first-order valence-corrected chi connectivity index (χ1v) is 6.65. The molecule has 0 radical (unpaired) electrons. The van der Waals surface area contributed by atoms with Gasteiger partial charge in [-0.15, -0.1) is 0 Å². The molecule has 15 heavy (non-hydrogen) atoms. The van der Waals surface area contributed by atoms with Crippen LogP contribution in [0.4, 0.5) is 0 Å². The van der Waals surface area contributed by atoms with Crippen LogP contribution in [0.15, 0.2) is 0 Å². The van der Waals surface area contributed by atoms with Crippen LogP contribution in [0, 0.1) is 0 Å². The Bertz CT molecular complexity index is 265. The van der Waals surface area contributed by atoms with Gasteiger partial charge in [-0.2, -0.15) is 17.4 Å². The highest BCUT2D eigenvalue weighted by molar-refractivity contribution is 7.87. The number of aliphatic hydroxyl groups excluding tert-OH is 1. The summed E-state index contributed by atoms with van der Waals surface area (Å²) < 4.78 is 27.3. The Hall–Kier alpha value is -0.170. The van der Waals surface area contributed by atoms with Gasteiger partial charge >= 0.3 is 0 Å². The molecule has 0 aromatic carbocycles. The van der Waals surface area contributed by atoms with E-state index in [1.807, 2.05) is 20.8 Å². The molecule has 92 valence electrons. The van der Waals surface area contributed by atoms with Crippen molar-refractivity contribution in [3.05, 3.63) is 0 Å². The number of aliphatic hydroxyl groups is 1. The minimum atomic E-state index is -3.42. The predicted octanol–water partition coefficient (Wildman–Crippen LogP) is 0.322. The SMILES string of the molecule is CCC(CCO)NS(=O)(=O)N(C)C(C)C. The molecular weight excluding hydrogens is 216 g/mol. The minimum absolute atomic E-state index is 0.00752. The standard InChI is InChI=1S/C9H22N2O3S/c1-5-9(6-7-12)10-15(13,14)11(4)8(2)3/h8-10,12H,5-7H2,1-4H3. The van der Waals surface area contributed by atoms with Crippen molar-refractivity contribution >= 4 is 10.2 Å². The molecule has 0 aliphatic carbocycles. The fourth-order valence-corrected chi connectivity index (χ4v) is 2.50. The summed E-state index contributed by atoms with van der Waals surface area (Å²) in [7, 11) is -1.88. The predicted molar refractivity (Wildman–Crippen MR) is 60.7 cm³/mol. The van der Waals surface area contributed by atoms with Gasteiger partial charge in [-0.25, -0.2) is 0 Å². The van der Waals surface area contributed by atoms with Crippen molar-refractivity contribution in [3.8, 4) is 0 Å². The third-order valence-electron chi connectivity index (χ3n) is 2.39. The number of nitrogens with one attached hydrogen (secondary N) is 1. The molecule has 0 fully saturated rings. The van der Waals surface area contributed by atoms with Crippen LogP contribution in [0.5, 0.6) is 0 Å². The number of hydrogen-bond donors (Lipinski definition) is 2. The number of rotatable bonds is 7. The lowest BCUT2D eigenvalue weighted by Gasteiger charge is -2.24. The third kappa shape index (κ3) is 4.92. The Kier molecular flexibility index (Phi) is 6.35. The summed E-state index contributed by atoms with van der Waals surface area (Å²) in [6.07, 6.45) is 1.12. The maximum atomic E-state index is 11.7. The van der Waals surface area contributed by atoms with Crippen LogP contribution < -0.4 is 4.72 Å². The molecule has 0 spiro atoms. The third-order valence-corrected chi connectivity index (χ3v) is 4.20. The summed E-state index contributed by atoms with van der Waals surface area (Å²) in [5.41, 5.74) is 0. The molecule has 0 saturated heterocycles. The summed E-state index contributed by atoms with van der Waals surface area (Å²) in [6.45, 7) is 5.50. The summed E-state index contributed by atoms with van der Waals surface area (Å²) in [5.74, 6) is 0. The van der Waals surface area contributed by atoms with Crippen LogP contribution in [-0.2, 0) is 10.2 Å². The van der Waals surface area contributed by atoms with Gasteiger partial charge in [0.15, 0.2) is 0 Å². The zero-order valence-electron chi connectivity index (χ0n) is 9.90. The normalized spacial score (nSPS) is 14.9. The van der Waals surface area contributed by atoms with Crippen LogP contribution in [0.1, 0.15) is 33.6 Å². The minimum Gasteiger partial charge on any atom is -0.396 e. The molecular formula is C9H22N2O3S. The number of nitrogens with zero attached hydrogens (tertiary/aromatic N) is 1. The van der Waals surface area contributed by atoms with Gasteiger partial charge in [0.05, 0.1) is 0 Å². The second-order valence-electron chi connectivity index (χ2n) is 3.85. The van der Waals surface area contributed by atoms with Crippen LogP contribution in [0.25, 0.3) is 0 Å². The van der Waals surface area contributed by atoms with E-state index in [9.17, 15) is 8.42 Å². The molecule has 0 amide bonds. The van der Waals surface area contributed by atoms with Gasteiger partial charge in [-0.1, -0.05) is 6.92 Å². The molecule has 0 aromatic heterocycles. The average Bonchev–Trinajstić information content (AvgIpc) is 2.15. The van der Waals surface area contributed by atoms with Crippen LogP contribution in [0.2, 0.25) is 0 Å². The van der Waals surface area contributed by atoms with Gasteiger partial charge < -0.3 is 5.11 Å². The molecule has 2 N–H and O–H groups in total. The van der Waals surface area contributed by atoms with E-state index in [2.05, 4.69) is 4.72 Å². The van der Waals surface area contributed by atoms with Crippen molar-refractivity contribution in [3.63, 3.8) is 0 Å². The zero-order chi connectivity index (χ0) is 12.1. The van der Waals surface area contributed by atoms with Gasteiger partial charge in [0.25, 0.3) is 10.2 Å². The molecule has 0 bridgehead atoms. The lowest BCUT2D eigenvalue weighted by atomic mass is 10.2. The van der Waals surface area contributed by atoms with Gasteiger partial charge in [0.1, 0.15) is 0 Å².